The molecule has 0 aliphatic carbocycles. The highest BCUT2D eigenvalue weighted by Gasteiger charge is 2.06. The van der Waals surface area contributed by atoms with Gasteiger partial charge in [-0.05, 0) is 35.7 Å². The fourth-order valence-electron chi connectivity index (χ4n) is 2.70. The van der Waals surface area contributed by atoms with E-state index in [4.69, 9.17) is 4.74 Å². The Balaban J connectivity index is 1.41. The van der Waals surface area contributed by atoms with Crippen LogP contribution in [-0.4, -0.2) is 21.8 Å². The molecule has 0 spiro atoms. The zero-order chi connectivity index (χ0) is 20.6. The SMILES string of the molecule is Cc1ccc(COC(=O)Nc2ccc(CNC(=O)Cc3cnn(C)c3)cc2)cc1. The molecule has 0 bridgehead atoms. The minimum absolute atomic E-state index is 0.0696. The standard InChI is InChI=1S/C22H24N4O3/c1-16-3-5-18(6-4-16)15-29-22(28)25-20-9-7-17(8-10-20)12-23-21(27)11-19-13-24-26(2)14-19/h3-10,13-14H,11-12,15H2,1-2H3,(H,23,27)(H,25,28). The Morgan fingerprint density at radius 2 is 1.69 bits per heavy atom. The van der Waals surface area contributed by atoms with Crippen LogP contribution in [0.15, 0.2) is 60.9 Å². The molecule has 150 valence electrons. The first-order valence-corrected chi connectivity index (χ1v) is 9.30. The zero-order valence-corrected chi connectivity index (χ0v) is 16.5. The number of aromatic nitrogens is 2. The molecule has 1 heterocycles. The summed E-state index contributed by atoms with van der Waals surface area (Å²) in [6.45, 7) is 2.64. The van der Waals surface area contributed by atoms with Crippen LogP contribution in [0.3, 0.4) is 0 Å². The second-order valence-electron chi connectivity index (χ2n) is 6.86. The van der Waals surface area contributed by atoms with Crippen molar-refractivity contribution in [2.24, 2.45) is 7.05 Å². The fraction of sp³-hybridized carbons (Fsp3) is 0.227. The number of carbonyl (C=O) groups excluding carboxylic acids is 2. The second-order valence-corrected chi connectivity index (χ2v) is 6.86. The summed E-state index contributed by atoms with van der Waals surface area (Å²) >= 11 is 0. The van der Waals surface area contributed by atoms with Gasteiger partial charge in [-0.1, -0.05) is 42.0 Å². The quantitative estimate of drug-likeness (QED) is 0.646. The van der Waals surface area contributed by atoms with Gasteiger partial charge in [0.2, 0.25) is 5.91 Å². The maximum Gasteiger partial charge on any atom is 0.411 e. The van der Waals surface area contributed by atoms with Crippen molar-refractivity contribution in [2.75, 3.05) is 5.32 Å². The highest BCUT2D eigenvalue weighted by atomic mass is 16.5. The van der Waals surface area contributed by atoms with Crippen LogP contribution in [0.2, 0.25) is 0 Å². The number of anilines is 1. The van der Waals surface area contributed by atoms with Gasteiger partial charge in [0.25, 0.3) is 0 Å². The van der Waals surface area contributed by atoms with Gasteiger partial charge in [0.15, 0.2) is 0 Å². The third kappa shape index (κ3) is 6.49. The molecule has 7 nitrogen and oxygen atoms in total. The Morgan fingerprint density at radius 1 is 1.00 bits per heavy atom. The third-order valence-electron chi connectivity index (χ3n) is 4.30. The molecule has 0 radical (unpaired) electrons. The first kappa shape index (κ1) is 20.1. The van der Waals surface area contributed by atoms with E-state index in [1.807, 2.05) is 56.6 Å². The van der Waals surface area contributed by atoms with Gasteiger partial charge in [0.1, 0.15) is 6.61 Å². The maximum atomic E-state index is 12.0. The average Bonchev–Trinajstić information content (AvgIpc) is 3.11. The molecule has 0 fully saturated rings. The van der Waals surface area contributed by atoms with Gasteiger partial charge in [0, 0.05) is 25.5 Å². The minimum Gasteiger partial charge on any atom is -0.444 e. The molecule has 3 rings (SSSR count). The molecule has 7 heteroatoms. The third-order valence-corrected chi connectivity index (χ3v) is 4.30. The van der Waals surface area contributed by atoms with Crippen molar-refractivity contribution >= 4 is 17.7 Å². The molecule has 2 aromatic carbocycles. The number of hydrogen-bond donors (Lipinski definition) is 2. The van der Waals surface area contributed by atoms with Crippen LogP contribution in [0.4, 0.5) is 10.5 Å². The van der Waals surface area contributed by atoms with Crippen LogP contribution in [-0.2, 0) is 36.2 Å². The molecule has 0 saturated heterocycles. The fourth-order valence-corrected chi connectivity index (χ4v) is 2.70. The van der Waals surface area contributed by atoms with E-state index in [9.17, 15) is 9.59 Å². The zero-order valence-electron chi connectivity index (χ0n) is 16.5. The molecule has 29 heavy (non-hydrogen) atoms. The number of amides is 2. The molecule has 2 amide bonds. The minimum atomic E-state index is -0.511. The van der Waals surface area contributed by atoms with Gasteiger partial charge >= 0.3 is 6.09 Å². The van der Waals surface area contributed by atoms with E-state index in [0.29, 0.717) is 18.7 Å². The number of nitrogens with zero attached hydrogens (tertiary/aromatic N) is 2. The Labute approximate surface area is 169 Å². The highest BCUT2D eigenvalue weighted by Crippen LogP contribution is 2.11. The molecule has 0 aliphatic heterocycles. The lowest BCUT2D eigenvalue weighted by Gasteiger charge is -2.09. The summed E-state index contributed by atoms with van der Waals surface area (Å²) in [6, 6.07) is 15.1. The normalized spacial score (nSPS) is 10.4. The monoisotopic (exact) mass is 392 g/mol. The van der Waals surface area contributed by atoms with E-state index in [1.54, 1.807) is 23.0 Å². The first-order chi connectivity index (χ1) is 14.0. The van der Waals surface area contributed by atoms with E-state index in [0.717, 1.165) is 22.3 Å². The van der Waals surface area contributed by atoms with Crippen LogP contribution in [0.1, 0.15) is 22.3 Å². The second kappa shape index (κ2) is 9.54. The lowest BCUT2D eigenvalue weighted by molar-refractivity contribution is -0.120. The molecule has 0 aliphatic rings. The van der Waals surface area contributed by atoms with Gasteiger partial charge in [-0.3, -0.25) is 14.8 Å². The molecule has 0 unspecified atom stereocenters. The predicted octanol–water partition coefficient (Wildman–Crippen LogP) is 3.34. The first-order valence-electron chi connectivity index (χ1n) is 9.30. The van der Waals surface area contributed by atoms with E-state index < -0.39 is 6.09 Å². The van der Waals surface area contributed by atoms with E-state index in [2.05, 4.69) is 15.7 Å². The number of benzene rings is 2. The number of carbonyl (C=O) groups is 2. The van der Waals surface area contributed by atoms with E-state index >= 15 is 0 Å². The molecule has 2 N–H and O–H groups in total. The molecule has 0 atom stereocenters. The predicted molar refractivity (Wildman–Crippen MR) is 110 cm³/mol. The lowest BCUT2D eigenvalue weighted by Crippen LogP contribution is -2.24. The number of nitrogens with one attached hydrogen (secondary N) is 2. The van der Waals surface area contributed by atoms with Gasteiger partial charge in [-0.2, -0.15) is 5.10 Å². The van der Waals surface area contributed by atoms with Crippen molar-refractivity contribution in [1.29, 1.82) is 0 Å². The van der Waals surface area contributed by atoms with Crippen molar-refractivity contribution in [2.45, 2.75) is 26.5 Å². The van der Waals surface area contributed by atoms with Crippen LogP contribution >= 0.6 is 0 Å². The van der Waals surface area contributed by atoms with E-state index in [-0.39, 0.29) is 12.5 Å². The highest BCUT2D eigenvalue weighted by molar-refractivity contribution is 5.84. The van der Waals surface area contributed by atoms with Crippen molar-refractivity contribution in [3.8, 4) is 0 Å². The Kier molecular flexibility index (Phi) is 6.63. The molecule has 0 saturated carbocycles. The largest absolute Gasteiger partial charge is 0.444 e. The number of hydrogen-bond acceptors (Lipinski definition) is 4. The summed E-state index contributed by atoms with van der Waals surface area (Å²) < 4.78 is 6.89. The molecular weight excluding hydrogens is 368 g/mol. The summed E-state index contributed by atoms with van der Waals surface area (Å²) in [7, 11) is 1.81. The maximum absolute atomic E-state index is 12.0. The average molecular weight is 392 g/mol. The van der Waals surface area contributed by atoms with Crippen LogP contribution in [0.5, 0.6) is 0 Å². The number of rotatable bonds is 7. The van der Waals surface area contributed by atoms with Gasteiger partial charge in [0.05, 0.1) is 12.6 Å². The van der Waals surface area contributed by atoms with E-state index in [1.165, 1.54) is 0 Å². The molecule has 1 aromatic heterocycles. The number of aryl methyl sites for hydroxylation is 2. The van der Waals surface area contributed by atoms with Crippen molar-refractivity contribution in [3.63, 3.8) is 0 Å². The van der Waals surface area contributed by atoms with Crippen molar-refractivity contribution in [3.05, 3.63) is 83.2 Å². The summed E-state index contributed by atoms with van der Waals surface area (Å²) in [6.07, 6.45) is 3.28. The number of ether oxygens (including phenoxy) is 1. The summed E-state index contributed by atoms with van der Waals surface area (Å²) in [5.41, 5.74) is 4.52. The Hall–Kier alpha value is -3.61. The van der Waals surface area contributed by atoms with Crippen LogP contribution < -0.4 is 10.6 Å². The van der Waals surface area contributed by atoms with Crippen LogP contribution in [0, 0.1) is 6.92 Å². The Morgan fingerprint density at radius 3 is 2.34 bits per heavy atom. The molecule has 3 aromatic rings. The van der Waals surface area contributed by atoms with Crippen molar-refractivity contribution in [1.82, 2.24) is 15.1 Å². The topological polar surface area (TPSA) is 85.2 Å². The van der Waals surface area contributed by atoms with Gasteiger partial charge in [-0.25, -0.2) is 4.79 Å². The summed E-state index contributed by atoms with van der Waals surface area (Å²) in [5.74, 6) is -0.0696. The summed E-state index contributed by atoms with van der Waals surface area (Å²) in [5, 5.41) is 9.61. The van der Waals surface area contributed by atoms with Crippen molar-refractivity contribution < 1.29 is 14.3 Å². The lowest BCUT2D eigenvalue weighted by atomic mass is 10.2. The van der Waals surface area contributed by atoms with Gasteiger partial charge < -0.3 is 10.1 Å². The van der Waals surface area contributed by atoms with Gasteiger partial charge in [-0.15, -0.1) is 0 Å². The molecular formula is C22H24N4O3. The smallest absolute Gasteiger partial charge is 0.411 e. The summed E-state index contributed by atoms with van der Waals surface area (Å²) in [4.78, 5) is 23.9. The Bertz CT molecular complexity index is 962. The van der Waals surface area contributed by atoms with Crippen LogP contribution in [0.25, 0.3) is 0 Å².